The Morgan fingerprint density at radius 1 is 0.938 bits per heavy atom. The quantitative estimate of drug-likeness (QED) is 0.392. The van der Waals surface area contributed by atoms with Crippen LogP contribution in [0.1, 0.15) is 27.6 Å². The molecular weight excluding hydrogens is 455 g/mol. The van der Waals surface area contributed by atoms with Gasteiger partial charge in [0, 0.05) is 16.3 Å². The molecular formula is C23H18ClFN2O4S. The number of carbonyl (C=O) groups is 3. The number of carbonyl (C=O) groups excluding carboxylic acids is 2. The molecule has 3 aromatic rings. The van der Waals surface area contributed by atoms with Gasteiger partial charge in [0.15, 0.2) is 0 Å². The number of anilines is 2. The molecule has 0 saturated carbocycles. The van der Waals surface area contributed by atoms with Crippen LogP contribution in [0.4, 0.5) is 15.8 Å². The van der Waals surface area contributed by atoms with Crippen LogP contribution >= 0.6 is 23.4 Å². The topological polar surface area (TPSA) is 95.5 Å². The summed E-state index contributed by atoms with van der Waals surface area (Å²) in [5.41, 5.74) is 0.666. The highest BCUT2D eigenvalue weighted by atomic mass is 35.5. The Hall–Kier alpha value is -3.36. The van der Waals surface area contributed by atoms with Gasteiger partial charge in [0.1, 0.15) is 5.82 Å². The van der Waals surface area contributed by atoms with Crippen LogP contribution in [0.15, 0.2) is 71.6 Å². The van der Waals surface area contributed by atoms with Crippen LogP contribution in [0, 0.1) is 5.82 Å². The Labute approximate surface area is 192 Å². The van der Waals surface area contributed by atoms with Gasteiger partial charge in [-0.15, -0.1) is 11.8 Å². The number of halogens is 2. The van der Waals surface area contributed by atoms with Gasteiger partial charge in [-0.25, -0.2) is 9.18 Å². The fourth-order valence-corrected chi connectivity index (χ4v) is 3.79. The average Bonchev–Trinajstić information content (AvgIpc) is 2.76. The summed E-state index contributed by atoms with van der Waals surface area (Å²) in [6.07, 6.45) is 0. The molecule has 0 radical (unpaired) electrons. The molecule has 3 rings (SSSR count). The summed E-state index contributed by atoms with van der Waals surface area (Å²) < 4.78 is 13.7. The molecule has 0 bridgehead atoms. The number of benzene rings is 3. The molecule has 1 unspecified atom stereocenters. The van der Waals surface area contributed by atoms with E-state index in [4.69, 9.17) is 16.7 Å². The second-order valence-corrected chi connectivity index (χ2v) is 8.53. The highest BCUT2D eigenvalue weighted by Gasteiger charge is 2.17. The molecule has 164 valence electrons. The predicted octanol–water partition coefficient (Wildman–Crippen LogP) is 5.55. The fourth-order valence-electron chi connectivity index (χ4n) is 2.73. The first-order valence-electron chi connectivity index (χ1n) is 9.41. The smallest absolute Gasteiger partial charge is 0.337 e. The molecule has 3 aromatic carbocycles. The number of nitrogens with one attached hydrogen (secondary N) is 2. The summed E-state index contributed by atoms with van der Waals surface area (Å²) in [6, 6.07) is 16.7. The Balaban J connectivity index is 1.59. The maximum atomic E-state index is 13.7. The molecule has 0 heterocycles. The van der Waals surface area contributed by atoms with Crippen molar-refractivity contribution in [3.63, 3.8) is 0 Å². The number of carboxylic acids is 1. The van der Waals surface area contributed by atoms with Gasteiger partial charge in [0.25, 0.3) is 5.91 Å². The normalized spacial score (nSPS) is 11.5. The molecule has 0 aliphatic heterocycles. The molecule has 0 spiro atoms. The van der Waals surface area contributed by atoms with Crippen LogP contribution in [0.2, 0.25) is 5.02 Å². The van der Waals surface area contributed by atoms with E-state index in [2.05, 4.69) is 10.6 Å². The second kappa shape index (κ2) is 10.3. The van der Waals surface area contributed by atoms with Gasteiger partial charge in [-0.05, 0) is 61.5 Å². The maximum Gasteiger partial charge on any atom is 0.337 e. The lowest BCUT2D eigenvalue weighted by Gasteiger charge is -2.13. The van der Waals surface area contributed by atoms with E-state index >= 15 is 0 Å². The molecule has 9 heteroatoms. The van der Waals surface area contributed by atoms with Crippen molar-refractivity contribution in [1.82, 2.24) is 0 Å². The van der Waals surface area contributed by atoms with E-state index in [0.717, 1.165) is 4.90 Å². The number of hydrogen-bond donors (Lipinski definition) is 3. The van der Waals surface area contributed by atoms with Crippen molar-refractivity contribution in [3.8, 4) is 0 Å². The first kappa shape index (κ1) is 23.3. The molecule has 6 nitrogen and oxygen atoms in total. The van der Waals surface area contributed by atoms with Crippen molar-refractivity contribution in [3.05, 3.63) is 88.7 Å². The van der Waals surface area contributed by atoms with Crippen LogP contribution < -0.4 is 10.6 Å². The molecule has 0 aliphatic carbocycles. The van der Waals surface area contributed by atoms with Crippen LogP contribution in [0.5, 0.6) is 0 Å². The van der Waals surface area contributed by atoms with E-state index < -0.39 is 22.9 Å². The molecule has 2 amide bonds. The minimum Gasteiger partial charge on any atom is -0.478 e. The largest absolute Gasteiger partial charge is 0.478 e. The Morgan fingerprint density at radius 2 is 1.59 bits per heavy atom. The van der Waals surface area contributed by atoms with Crippen molar-refractivity contribution in [2.45, 2.75) is 17.1 Å². The van der Waals surface area contributed by atoms with Crippen molar-refractivity contribution < 1.29 is 23.9 Å². The molecule has 0 saturated heterocycles. The lowest BCUT2D eigenvalue weighted by atomic mass is 10.2. The highest BCUT2D eigenvalue weighted by molar-refractivity contribution is 8.00. The molecule has 0 aromatic heterocycles. The molecule has 32 heavy (non-hydrogen) atoms. The molecule has 1 atom stereocenters. The van der Waals surface area contributed by atoms with Gasteiger partial charge < -0.3 is 15.7 Å². The number of thioether (sulfide) groups is 1. The Morgan fingerprint density at radius 3 is 2.25 bits per heavy atom. The third kappa shape index (κ3) is 5.87. The van der Waals surface area contributed by atoms with Gasteiger partial charge in [-0.3, -0.25) is 9.59 Å². The standard InChI is InChI=1S/C23H18ClFN2O4S/c1-13(21(28)27-15-8-11-19(24)18(12-15)23(30)31)32-16-9-6-14(7-10-16)26-22(29)17-4-2-3-5-20(17)25/h2-13H,1H3,(H,26,29)(H,27,28)(H,30,31). The molecule has 0 fully saturated rings. The van der Waals surface area contributed by atoms with Crippen molar-refractivity contribution in [1.29, 1.82) is 0 Å². The third-order valence-corrected chi connectivity index (χ3v) is 5.82. The Bertz CT molecular complexity index is 1170. The molecule has 3 N–H and O–H groups in total. The minimum absolute atomic E-state index is 0.0514. The minimum atomic E-state index is -1.18. The van der Waals surface area contributed by atoms with Crippen molar-refractivity contribution in [2.75, 3.05) is 10.6 Å². The number of rotatable bonds is 7. The SMILES string of the molecule is CC(Sc1ccc(NC(=O)c2ccccc2F)cc1)C(=O)Nc1ccc(Cl)c(C(=O)O)c1. The highest BCUT2D eigenvalue weighted by Crippen LogP contribution is 2.27. The monoisotopic (exact) mass is 472 g/mol. The summed E-state index contributed by atoms with van der Waals surface area (Å²) in [7, 11) is 0. The van der Waals surface area contributed by atoms with Crippen LogP contribution in [0.3, 0.4) is 0 Å². The van der Waals surface area contributed by atoms with Crippen LogP contribution in [-0.2, 0) is 4.79 Å². The zero-order valence-corrected chi connectivity index (χ0v) is 18.3. The van der Waals surface area contributed by atoms with E-state index in [-0.39, 0.29) is 22.1 Å². The molecule has 0 aliphatic rings. The van der Waals surface area contributed by atoms with E-state index in [1.165, 1.54) is 48.2 Å². The first-order chi connectivity index (χ1) is 15.2. The van der Waals surface area contributed by atoms with Gasteiger partial charge in [-0.2, -0.15) is 0 Å². The van der Waals surface area contributed by atoms with E-state index in [1.54, 1.807) is 37.3 Å². The lowest BCUT2D eigenvalue weighted by Crippen LogP contribution is -2.22. The van der Waals surface area contributed by atoms with Gasteiger partial charge in [0.2, 0.25) is 5.91 Å². The summed E-state index contributed by atoms with van der Waals surface area (Å²) in [4.78, 5) is 36.6. The third-order valence-electron chi connectivity index (χ3n) is 4.38. The summed E-state index contributed by atoms with van der Waals surface area (Å²) in [5.74, 6) is -2.66. The van der Waals surface area contributed by atoms with Crippen molar-refractivity contribution >= 4 is 52.5 Å². The number of amides is 2. The Kier molecular flexibility index (Phi) is 7.50. The van der Waals surface area contributed by atoms with E-state index in [0.29, 0.717) is 11.4 Å². The summed E-state index contributed by atoms with van der Waals surface area (Å²) in [6.45, 7) is 1.71. The van der Waals surface area contributed by atoms with Gasteiger partial charge >= 0.3 is 5.97 Å². The predicted molar refractivity (Wildman–Crippen MR) is 123 cm³/mol. The summed E-state index contributed by atoms with van der Waals surface area (Å²) >= 11 is 7.13. The number of aromatic carboxylic acids is 1. The van der Waals surface area contributed by atoms with Gasteiger partial charge in [-0.1, -0.05) is 23.7 Å². The second-order valence-electron chi connectivity index (χ2n) is 6.71. The van der Waals surface area contributed by atoms with E-state index in [9.17, 15) is 18.8 Å². The first-order valence-corrected chi connectivity index (χ1v) is 10.7. The average molecular weight is 473 g/mol. The maximum absolute atomic E-state index is 13.7. The zero-order valence-electron chi connectivity index (χ0n) is 16.8. The van der Waals surface area contributed by atoms with E-state index in [1.807, 2.05) is 0 Å². The lowest BCUT2D eigenvalue weighted by molar-refractivity contribution is -0.115. The summed E-state index contributed by atoms with van der Waals surface area (Å²) in [5, 5.41) is 14.0. The zero-order chi connectivity index (χ0) is 23.3. The number of carboxylic acid groups (broad SMARTS) is 1. The fraction of sp³-hybridized carbons (Fsp3) is 0.0870. The van der Waals surface area contributed by atoms with Crippen molar-refractivity contribution in [2.24, 2.45) is 0 Å². The van der Waals surface area contributed by atoms with Crippen LogP contribution in [0.25, 0.3) is 0 Å². The van der Waals surface area contributed by atoms with Crippen LogP contribution in [-0.4, -0.2) is 28.1 Å². The number of hydrogen-bond acceptors (Lipinski definition) is 4. The van der Waals surface area contributed by atoms with Gasteiger partial charge in [0.05, 0.1) is 21.4 Å².